The number of rotatable bonds is 5. The Morgan fingerprint density at radius 3 is 2.57 bits per heavy atom. The summed E-state index contributed by atoms with van der Waals surface area (Å²) in [5, 5.41) is 9.26. The number of hydrogen-bond acceptors (Lipinski definition) is 3. The standard InChI is InChI=1S/C18H25NO4/c1-12(2)14-6-5-7-15(10-14)23-13(3)16(20)19-9-8-18(4,11-19)17(21)22/h5-7,10,12-13H,8-9,11H2,1-4H3,(H,21,22). The van der Waals surface area contributed by atoms with Gasteiger partial charge in [-0.05, 0) is 43.9 Å². The van der Waals surface area contributed by atoms with Crippen molar-refractivity contribution < 1.29 is 19.4 Å². The number of carboxylic acid groups (broad SMARTS) is 1. The molecule has 126 valence electrons. The molecule has 0 aromatic heterocycles. The predicted octanol–water partition coefficient (Wildman–Crippen LogP) is 2.90. The Bertz CT molecular complexity index is 598. The number of carbonyl (C=O) groups excluding carboxylic acids is 1. The second kappa shape index (κ2) is 6.60. The van der Waals surface area contributed by atoms with Gasteiger partial charge in [0.1, 0.15) is 5.75 Å². The van der Waals surface area contributed by atoms with Crippen LogP contribution in [0.15, 0.2) is 24.3 Å². The van der Waals surface area contributed by atoms with E-state index in [9.17, 15) is 14.7 Å². The normalized spacial score (nSPS) is 22.2. The second-order valence-corrected chi connectivity index (χ2v) is 6.86. The number of carboxylic acids is 1. The molecule has 2 atom stereocenters. The highest BCUT2D eigenvalue weighted by Gasteiger charge is 2.43. The summed E-state index contributed by atoms with van der Waals surface area (Å²) in [5.74, 6) is 0.0348. The molecule has 2 rings (SSSR count). The summed E-state index contributed by atoms with van der Waals surface area (Å²) < 4.78 is 5.77. The van der Waals surface area contributed by atoms with Crippen LogP contribution in [0.4, 0.5) is 0 Å². The summed E-state index contributed by atoms with van der Waals surface area (Å²) >= 11 is 0. The monoisotopic (exact) mass is 319 g/mol. The van der Waals surface area contributed by atoms with E-state index in [1.807, 2.05) is 24.3 Å². The topological polar surface area (TPSA) is 66.8 Å². The van der Waals surface area contributed by atoms with Gasteiger partial charge in [0.25, 0.3) is 5.91 Å². The lowest BCUT2D eigenvalue weighted by Gasteiger charge is -2.23. The summed E-state index contributed by atoms with van der Waals surface area (Å²) in [6.45, 7) is 8.29. The van der Waals surface area contributed by atoms with E-state index in [0.717, 1.165) is 5.56 Å². The molecule has 1 heterocycles. The lowest BCUT2D eigenvalue weighted by atomic mass is 9.90. The molecule has 1 amide bonds. The lowest BCUT2D eigenvalue weighted by molar-refractivity contribution is -0.147. The van der Waals surface area contributed by atoms with Crippen molar-refractivity contribution in [2.45, 2.75) is 46.1 Å². The minimum atomic E-state index is -0.856. The van der Waals surface area contributed by atoms with Crippen molar-refractivity contribution >= 4 is 11.9 Å². The van der Waals surface area contributed by atoms with Crippen molar-refractivity contribution in [3.8, 4) is 5.75 Å². The number of hydrogen-bond donors (Lipinski definition) is 1. The Balaban J connectivity index is 2.01. The van der Waals surface area contributed by atoms with Crippen LogP contribution in [0.5, 0.6) is 5.75 Å². The van der Waals surface area contributed by atoms with E-state index in [-0.39, 0.29) is 12.5 Å². The maximum absolute atomic E-state index is 12.5. The quantitative estimate of drug-likeness (QED) is 0.906. The third-order valence-electron chi connectivity index (χ3n) is 4.49. The molecule has 5 nitrogen and oxygen atoms in total. The summed E-state index contributed by atoms with van der Waals surface area (Å²) in [7, 11) is 0. The van der Waals surface area contributed by atoms with Gasteiger partial charge in [-0.15, -0.1) is 0 Å². The average Bonchev–Trinajstić information content (AvgIpc) is 2.90. The zero-order chi connectivity index (χ0) is 17.2. The minimum Gasteiger partial charge on any atom is -0.481 e. The highest BCUT2D eigenvalue weighted by Crippen LogP contribution is 2.31. The van der Waals surface area contributed by atoms with Crippen LogP contribution in [-0.4, -0.2) is 41.1 Å². The van der Waals surface area contributed by atoms with Crippen molar-refractivity contribution in [1.82, 2.24) is 4.90 Å². The van der Waals surface area contributed by atoms with E-state index >= 15 is 0 Å². The SMILES string of the molecule is CC(Oc1cccc(C(C)C)c1)C(=O)N1CCC(C)(C(=O)O)C1. The van der Waals surface area contributed by atoms with Gasteiger partial charge in [-0.1, -0.05) is 26.0 Å². The highest BCUT2D eigenvalue weighted by atomic mass is 16.5. The Hall–Kier alpha value is -2.04. The van der Waals surface area contributed by atoms with Crippen LogP contribution in [0.3, 0.4) is 0 Å². The van der Waals surface area contributed by atoms with Gasteiger partial charge < -0.3 is 14.7 Å². The molecule has 0 saturated carbocycles. The van der Waals surface area contributed by atoms with Gasteiger partial charge >= 0.3 is 5.97 Å². The van der Waals surface area contributed by atoms with Gasteiger partial charge in [0.05, 0.1) is 5.41 Å². The van der Waals surface area contributed by atoms with Crippen LogP contribution in [0.1, 0.15) is 45.6 Å². The molecule has 1 saturated heterocycles. The summed E-state index contributed by atoms with van der Waals surface area (Å²) in [6, 6.07) is 7.72. The van der Waals surface area contributed by atoms with Gasteiger partial charge in [-0.25, -0.2) is 0 Å². The number of amides is 1. The van der Waals surface area contributed by atoms with Crippen molar-refractivity contribution in [3.63, 3.8) is 0 Å². The molecule has 1 aliphatic heterocycles. The van der Waals surface area contributed by atoms with Crippen molar-refractivity contribution in [1.29, 1.82) is 0 Å². The third kappa shape index (κ3) is 3.84. The predicted molar refractivity (Wildman–Crippen MR) is 87.6 cm³/mol. The number of aliphatic carboxylic acids is 1. The maximum Gasteiger partial charge on any atom is 0.311 e. The summed E-state index contributed by atoms with van der Waals surface area (Å²) in [5.41, 5.74) is 0.300. The fraction of sp³-hybridized carbons (Fsp3) is 0.556. The van der Waals surface area contributed by atoms with E-state index in [2.05, 4.69) is 13.8 Å². The van der Waals surface area contributed by atoms with Crippen LogP contribution < -0.4 is 4.74 Å². The molecule has 0 bridgehead atoms. The van der Waals surface area contributed by atoms with E-state index < -0.39 is 17.5 Å². The van der Waals surface area contributed by atoms with E-state index in [4.69, 9.17) is 4.74 Å². The first-order chi connectivity index (χ1) is 10.7. The van der Waals surface area contributed by atoms with Gasteiger partial charge in [-0.3, -0.25) is 9.59 Å². The molecule has 23 heavy (non-hydrogen) atoms. The molecule has 1 aromatic carbocycles. The molecule has 0 aliphatic carbocycles. The molecule has 1 N–H and O–H groups in total. The number of carbonyl (C=O) groups is 2. The first kappa shape index (κ1) is 17.3. The second-order valence-electron chi connectivity index (χ2n) is 6.86. The van der Waals surface area contributed by atoms with Gasteiger partial charge in [0, 0.05) is 13.1 Å². The average molecular weight is 319 g/mol. The number of likely N-dealkylation sites (tertiary alicyclic amines) is 1. The molecule has 1 fully saturated rings. The van der Waals surface area contributed by atoms with Crippen LogP contribution in [0.2, 0.25) is 0 Å². The van der Waals surface area contributed by atoms with Crippen molar-refractivity contribution in [2.75, 3.05) is 13.1 Å². The minimum absolute atomic E-state index is 0.162. The summed E-state index contributed by atoms with van der Waals surface area (Å²) in [6.07, 6.45) is -0.155. The maximum atomic E-state index is 12.5. The van der Waals surface area contributed by atoms with E-state index in [1.165, 1.54) is 0 Å². The Morgan fingerprint density at radius 2 is 2.00 bits per heavy atom. The first-order valence-corrected chi connectivity index (χ1v) is 8.02. The number of nitrogens with zero attached hydrogens (tertiary/aromatic N) is 1. The highest BCUT2D eigenvalue weighted by molar-refractivity contribution is 5.83. The van der Waals surface area contributed by atoms with Gasteiger partial charge in [0.15, 0.2) is 6.10 Å². The van der Waals surface area contributed by atoms with Crippen LogP contribution in [0.25, 0.3) is 0 Å². The van der Waals surface area contributed by atoms with Crippen molar-refractivity contribution in [3.05, 3.63) is 29.8 Å². The Morgan fingerprint density at radius 1 is 1.30 bits per heavy atom. The molecule has 1 aromatic rings. The number of ether oxygens (including phenoxy) is 1. The fourth-order valence-electron chi connectivity index (χ4n) is 2.78. The largest absolute Gasteiger partial charge is 0.481 e. The van der Waals surface area contributed by atoms with Crippen molar-refractivity contribution in [2.24, 2.45) is 5.41 Å². The van der Waals surface area contributed by atoms with Gasteiger partial charge in [-0.2, -0.15) is 0 Å². The molecular weight excluding hydrogens is 294 g/mol. The zero-order valence-corrected chi connectivity index (χ0v) is 14.2. The van der Waals surface area contributed by atoms with Crippen LogP contribution in [0, 0.1) is 5.41 Å². The van der Waals surface area contributed by atoms with Gasteiger partial charge in [0.2, 0.25) is 0 Å². The zero-order valence-electron chi connectivity index (χ0n) is 14.2. The van der Waals surface area contributed by atoms with E-state index in [0.29, 0.717) is 24.6 Å². The number of benzene rings is 1. The van der Waals surface area contributed by atoms with E-state index in [1.54, 1.807) is 18.7 Å². The Kier molecular flexibility index (Phi) is 4.97. The molecule has 0 radical (unpaired) electrons. The molecule has 5 heteroatoms. The molecular formula is C18H25NO4. The smallest absolute Gasteiger partial charge is 0.311 e. The molecule has 0 spiro atoms. The third-order valence-corrected chi connectivity index (χ3v) is 4.49. The first-order valence-electron chi connectivity index (χ1n) is 8.02. The Labute approximate surface area is 137 Å². The lowest BCUT2D eigenvalue weighted by Crippen LogP contribution is -2.41. The summed E-state index contributed by atoms with van der Waals surface area (Å²) in [4.78, 5) is 25.4. The molecule has 1 aliphatic rings. The van der Waals surface area contributed by atoms with Crippen LogP contribution >= 0.6 is 0 Å². The fourth-order valence-corrected chi connectivity index (χ4v) is 2.78. The van der Waals surface area contributed by atoms with Crippen LogP contribution in [-0.2, 0) is 9.59 Å². The molecule has 2 unspecified atom stereocenters.